The van der Waals surface area contributed by atoms with Crippen molar-refractivity contribution in [3.8, 4) is 11.5 Å². The van der Waals surface area contributed by atoms with Gasteiger partial charge in [0, 0.05) is 44.8 Å². The van der Waals surface area contributed by atoms with Crippen LogP contribution in [-0.4, -0.2) is 61.7 Å². The van der Waals surface area contributed by atoms with Crippen molar-refractivity contribution in [3.05, 3.63) is 53.4 Å². The molecule has 10 nitrogen and oxygen atoms in total. The van der Waals surface area contributed by atoms with Crippen molar-refractivity contribution >= 4 is 11.9 Å². The zero-order valence-electron chi connectivity index (χ0n) is 14.4. The fourth-order valence-corrected chi connectivity index (χ4v) is 2.93. The van der Waals surface area contributed by atoms with Gasteiger partial charge < -0.3 is 9.80 Å². The number of rotatable bonds is 4. The standard InChI is InChI=1S/C17H17N7O3/c25-14(22-8-10-23(11-9-22)16-19-6-3-7-20-16)12-24-15(21-27-17(24)26)13-4-1-2-5-18-13/h1-7H,8-12H2. The minimum atomic E-state index is -0.680. The Morgan fingerprint density at radius 1 is 1.00 bits per heavy atom. The lowest BCUT2D eigenvalue weighted by Crippen LogP contribution is -2.50. The Bertz CT molecular complexity index is 963. The number of hydrogen-bond acceptors (Lipinski definition) is 8. The van der Waals surface area contributed by atoms with Crippen LogP contribution in [0.25, 0.3) is 11.5 Å². The average Bonchev–Trinajstić information content (AvgIpc) is 3.09. The maximum Gasteiger partial charge on any atom is 0.442 e. The molecule has 1 saturated heterocycles. The molecule has 1 aliphatic heterocycles. The molecular formula is C17H17N7O3. The first kappa shape index (κ1) is 16.9. The van der Waals surface area contributed by atoms with Gasteiger partial charge in [-0.2, -0.15) is 0 Å². The van der Waals surface area contributed by atoms with Gasteiger partial charge >= 0.3 is 5.76 Å². The Morgan fingerprint density at radius 3 is 2.44 bits per heavy atom. The van der Waals surface area contributed by atoms with Crippen molar-refractivity contribution in [2.45, 2.75) is 6.54 Å². The number of piperazine rings is 1. The highest BCUT2D eigenvalue weighted by molar-refractivity contribution is 5.76. The van der Waals surface area contributed by atoms with E-state index in [1.54, 1.807) is 47.8 Å². The summed E-state index contributed by atoms with van der Waals surface area (Å²) in [5.74, 6) is 0.0361. The predicted octanol–water partition coefficient (Wildman–Crippen LogP) is 0.0371. The van der Waals surface area contributed by atoms with E-state index in [1.807, 2.05) is 4.90 Å². The van der Waals surface area contributed by atoms with Crippen molar-refractivity contribution in [1.82, 2.24) is 29.6 Å². The molecule has 0 saturated carbocycles. The van der Waals surface area contributed by atoms with Crippen LogP contribution in [0.2, 0.25) is 0 Å². The molecule has 138 valence electrons. The SMILES string of the molecule is O=C(Cn1c(-c2ccccn2)noc1=O)N1CCN(c2ncccn2)CC1. The topological polar surface area (TPSA) is 110 Å². The van der Waals surface area contributed by atoms with Gasteiger partial charge in [0.2, 0.25) is 17.7 Å². The Balaban J connectivity index is 1.44. The van der Waals surface area contributed by atoms with Crippen LogP contribution in [0, 0.1) is 0 Å². The molecular weight excluding hydrogens is 350 g/mol. The number of anilines is 1. The average molecular weight is 367 g/mol. The van der Waals surface area contributed by atoms with E-state index in [1.165, 1.54) is 4.57 Å². The molecule has 1 fully saturated rings. The van der Waals surface area contributed by atoms with Crippen molar-refractivity contribution in [1.29, 1.82) is 0 Å². The van der Waals surface area contributed by atoms with Gasteiger partial charge in [0.1, 0.15) is 12.2 Å². The van der Waals surface area contributed by atoms with Crippen LogP contribution < -0.4 is 10.7 Å². The van der Waals surface area contributed by atoms with Gasteiger partial charge in [-0.15, -0.1) is 0 Å². The number of aromatic nitrogens is 5. The summed E-state index contributed by atoms with van der Waals surface area (Å²) < 4.78 is 5.94. The van der Waals surface area contributed by atoms with Gasteiger partial charge in [-0.05, 0) is 18.2 Å². The highest BCUT2D eigenvalue weighted by Gasteiger charge is 2.24. The van der Waals surface area contributed by atoms with Crippen molar-refractivity contribution < 1.29 is 9.32 Å². The van der Waals surface area contributed by atoms with Crippen LogP contribution in [0.3, 0.4) is 0 Å². The number of hydrogen-bond donors (Lipinski definition) is 0. The van der Waals surface area contributed by atoms with Gasteiger partial charge in [0.25, 0.3) is 0 Å². The molecule has 3 aromatic rings. The molecule has 0 aliphatic carbocycles. The minimum absolute atomic E-state index is 0.143. The zero-order valence-corrected chi connectivity index (χ0v) is 14.4. The second-order valence-corrected chi connectivity index (χ2v) is 5.99. The first-order chi connectivity index (χ1) is 13.2. The first-order valence-electron chi connectivity index (χ1n) is 8.50. The van der Waals surface area contributed by atoms with Crippen LogP contribution in [0.15, 0.2) is 52.2 Å². The number of carbonyl (C=O) groups is 1. The van der Waals surface area contributed by atoms with E-state index in [0.29, 0.717) is 37.8 Å². The fraction of sp³-hybridized carbons (Fsp3) is 0.294. The maximum absolute atomic E-state index is 12.7. The Hall–Kier alpha value is -3.56. The Labute approximate surface area is 154 Å². The lowest BCUT2D eigenvalue weighted by molar-refractivity contribution is -0.132. The molecule has 1 aliphatic rings. The van der Waals surface area contributed by atoms with E-state index in [9.17, 15) is 9.59 Å². The largest absolute Gasteiger partial charge is 0.442 e. The summed E-state index contributed by atoms with van der Waals surface area (Å²) in [6, 6.07) is 7.00. The predicted molar refractivity (Wildman–Crippen MR) is 94.8 cm³/mol. The molecule has 4 rings (SSSR count). The van der Waals surface area contributed by atoms with Crippen LogP contribution in [0.5, 0.6) is 0 Å². The molecule has 0 aromatic carbocycles. The summed E-state index contributed by atoms with van der Waals surface area (Å²) in [7, 11) is 0. The van der Waals surface area contributed by atoms with E-state index < -0.39 is 5.76 Å². The summed E-state index contributed by atoms with van der Waals surface area (Å²) in [5.41, 5.74) is 0.474. The molecule has 10 heteroatoms. The lowest BCUT2D eigenvalue weighted by Gasteiger charge is -2.34. The van der Waals surface area contributed by atoms with Crippen molar-refractivity contribution in [3.63, 3.8) is 0 Å². The van der Waals surface area contributed by atoms with Gasteiger partial charge in [-0.1, -0.05) is 11.2 Å². The van der Waals surface area contributed by atoms with Gasteiger partial charge in [-0.25, -0.2) is 19.3 Å². The Morgan fingerprint density at radius 2 is 1.74 bits per heavy atom. The number of carbonyl (C=O) groups excluding carboxylic acids is 1. The Kier molecular flexibility index (Phi) is 4.60. The van der Waals surface area contributed by atoms with Gasteiger partial charge in [0.15, 0.2) is 0 Å². The summed E-state index contributed by atoms with van der Waals surface area (Å²) in [6.45, 7) is 2.16. The van der Waals surface area contributed by atoms with Gasteiger partial charge in [-0.3, -0.25) is 14.3 Å². The molecule has 3 aromatic heterocycles. The third-order valence-electron chi connectivity index (χ3n) is 4.34. The summed E-state index contributed by atoms with van der Waals surface area (Å²) in [6.07, 6.45) is 4.97. The second-order valence-electron chi connectivity index (χ2n) is 5.99. The molecule has 27 heavy (non-hydrogen) atoms. The monoisotopic (exact) mass is 367 g/mol. The molecule has 4 heterocycles. The van der Waals surface area contributed by atoms with Crippen LogP contribution in [0.4, 0.5) is 5.95 Å². The molecule has 0 spiro atoms. The van der Waals surface area contributed by atoms with E-state index in [0.717, 1.165) is 0 Å². The van der Waals surface area contributed by atoms with E-state index in [-0.39, 0.29) is 18.3 Å². The maximum atomic E-state index is 12.7. The number of pyridine rings is 1. The molecule has 0 atom stereocenters. The summed E-state index contributed by atoms with van der Waals surface area (Å²) in [5, 5.41) is 3.75. The highest BCUT2D eigenvalue weighted by atomic mass is 16.5. The quantitative estimate of drug-likeness (QED) is 0.635. The fourth-order valence-electron chi connectivity index (χ4n) is 2.93. The van der Waals surface area contributed by atoms with Crippen molar-refractivity contribution in [2.75, 3.05) is 31.1 Å². The first-order valence-corrected chi connectivity index (χ1v) is 8.50. The van der Waals surface area contributed by atoms with E-state index >= 15 is 0 Å². The molecule has 0 N–H and O–H groups in total. The molecule has 0 radical (unpaired) electrons. The van der Waals surface area contributed by atoms with Crippen molar-refractivity contribution in [2.24, 2.45) is 0 Å². The van der Waals surface area contributed by atoms with E-state index in [2.05, 4.69) is 20.1 Å². The lowest BCUT2D eigenvalue weighted by atomic mass is 10.3. The van der Waals surface area contributed by atoms with Crippen LogP contribution >= 0.6 is 0 Å². The summed E-state index contributed by atoms with van der Waals surface area (Å²) in [4.78, 5) is 41.0. The second kappa shape index (κ2) is 7.36. The summed E-state index contributed by atoms with van der Waals surface area (Å²) >= 11 is 0. The zero-order chi connectivity index (χ0) is 18.6. The third-order valence-corrected chi connectivity index (χ3v) is 4.34. The third kappa shape index (κ3) is 3.54. The van der Waals surface area contributed by atoms with Crippen LogP contribution in [-0.2, 0) is 11.3 Å². The normalized spacial score (nSPS) is 14.4. The van der Waals surface area contributed by atoms with E-state index in [4.69, 9.17) is 4.52 Å². The minimum Gasteiger partial charge on any atom is -0.338 e. The molecule has 0 unspecified atom stereocenters. The van der Waals surface area contributed by atoms with Crippen LogP contribution in [0.1, 0.15) is 0 Å². The number of nitrogens with zero attached hydrogens (tertiary/aromatic N) is 7. The van der Waals surface area contributed by atoms with Gasteiger partial charge in [0.05, 0.1) is 0 Å². The molecule has 0 bridgehead atoms. The highest BCUT2D eigenvalue weighted by Crippen LogP contribution is 2.13. The number of amides is 1. The smallest absolute Gasteiger partial charge is 0.338 e. The molecule has 1 amide bonds.